The Morgan fingerprint density at radius 3 is 2.67 bits per heavy atom. The summed E-state index contributed by atoms with van der Waals surface area (Å²) in [4.78, 5) is 23.4. The molecular weight excluding hydrogens is 342 g/mol. The second-order valence-electron chi connectivity index (χ2n) is 6.97. The number of piperidine rings is 1. The van der Waals surface area contributed by atoms with Crippen molar-refractivity contribution in [3.05, 3.63) is 64.7 Å². The van der Waals surface area contributed by atoms with E-state index >= 15 is 0 Å². The van der Waals surface area contributed by atoms with E-state index in [2.05, 4.69) is 25.1 Å². The van der Waals surface area contributed by atoms with Crippen molar-refractivity contribution in [2.75, 3.05) is 13.1 Å². The molecule has 0 N–H and O–H groups in total. The van der Waals surface area contributed by atoms with E-state index in [9.17, 15) is 4.79 Å². The lowest BCUT2D eigenvalue weighted by Gasteiger charge is -2.31. The van der Waals surface area contributed by atoms with E-state index in [4.69, 9.17) is 0 Å². The third-order valence-corrected chi connectivity index (χ3v) is 5.09. The van der Waals surface area contributed by atoms with Crippen molar-refractivity contribution in [2.45, 2.75) is 32.9 Å². The summed E-state index contributed by atoms with van der Waals surface area (Å²) in [7, 11) is 0. The normalized spacial score (nSPS) is 15.9. The molecule has 4 rings (SSSR count). The Labute approximate surface area is 157 Å². The average molecular weight is 365 g/mol. The smallest absolute Gasteiger partial charge is 0.266 e. The fourth-order valence-electron chi connectivity index (χ4n) is 3.47. The molecule has 1 saturated heterocycles. The zero-order valence-corrected chi connectivity index (χ0v) is 15.4. The van der Waals surface area contributed by atoms with E-state index in [-0.39, 0.29) is 5.56 Å². The van der Waals surface area contributed by atoms with Crippen LogP contribution in [0.3, 0.4) is 0 Å². The van der Waals surface area contributed by atoms with Crippen LogP contribution in [-0.4, -0.2) is 47.5 Å². The first-order valence-corrected chi connectivity index (χ1v) is 9.26. The van der Waals surface area contributed by atoms with Gasteiger partial charge in [0.1, 0.15) is 0 Å². The Morgan fingerprint density at radius 1 is 1.11 bits per heavy atom. The number of aryl methyl sites for hydroxylation is 1. The van der Waals surface area contributed by atoms with Gasteiger partial charge in [-0.2, -0.15) is 5.10 Å². The van der Waals surface area contributed by atoms with Gasteiger partial charge in [0.2, 0.25) is 0 Å². The number of rotatable bonds is 5. The summed E-state index contributed by atoms with van der Waals surface area (Å²) in [6, 6.07) is 5.11. The molecule has 0 amide bonds. The molecule has 3 aromatic rings. The Hall–Kier alpha value is -2.87. The summed E-state index contributed by atoms with van der Waals surface area (Å²) >= 11 is 0. The van der Waals surface area contributed by atoms with Crippen molar-refractivity contribution in [3.63, 3.8) is 0 Å². The minimum Gasteiger partial charge on any atom is -0.297 e. The number of likely N-dealkylation sites (tertiary alicyclic amines) is 1. The van der Waals surface area contributed by atoms with Crippen molar-refractivity contribution in [3.8, 4) is 5.82 Å². The molecule has 1 fully saturated rings. The average Bonchev–Trinajstić information content (AvgIpc) is 3.22. The van der Waals surface area contributed by atoms with Crippen molar-refractivity contribution in [2.24, 2.45) is 5.92 Å². The molecule has 4 heterocycles. The molecule has 0 aromatic carbocycles. The highest BCUT2D eigenvalue weighted by molar-refractivity contribution is 5.17. The van der Waals surface area contributed by atoms with Crippen molar-refractivity contribution < 1.29 is 0 Å². The molecule has 8 nitrogen and oxygen atoms in total. The lowest BCUT2D eigenvalue weighted by Crippen LogP contribution is -2.37. The third kappa shape index (κ3) is 4.11. The summed E-state index contributed by atoms with van der Waals surface area (Å²) in [5.74, 6) is 1.11. The van der Waals surface area contributed by atoms with E-state index in [0.717, 1.165) is 43.9 Å². The predicted molar refractivity (Wildman–Crippen MR) is 100 cm³/mol. The first-order chi connectivity index (χ1) is 13.2. The highest BCUT2D eigenvalue weighted by Crippen LogP contribution is 2.20. The zero-order valence-electron chi connectivity index (χ0n) is 15.4. The quantitative estimate of drug-likeness (QED) is 0.680. The molecule has 0 atom stereocenters. The van der Waals surface area contributed by atoms with Gasteiger partial charge in [-0.3, -0.25) is 19.7 Å². The summed E-state index contributed by atoms with van der Waals surface area (Å²) in [6.45, 7) is 5.47. The van der Waals surface area contributed by atoms with Gasteiger partial charge in [-0.1, -0.05) is 0 Å². The minimum absolute atomic E-state index is 0.0662. The van der Waals surface area contributed by atoms with E-state index < -0.39 is 0 Å². The van der Waals surface area contributed by atoms with Gasteiger partial charge in [0.15, 0.2) is 5.82 Å². The summed E-state index contributed by atoms with van der Waals surface area (Å²) in [5.41, 5.74) is 1.97. The molecule has 0 radical (unpaired) electrons. The molecule has 8 heteroatoms. The van der Waals surface area contributed by atoms with Gasteiger partial charge in [-0.15, -0.1) is 5.10 Å². The molecule has 0 unspecified atom stereocenters. The van der Waals surface area contributed by atoms with Gasteiger partial charge in [0.25, 0.3) is 5.56 Å². The first kappa shape index (κ1) is 17.5. The second-order valence-corrected chi connectivity index (χ2v) is 6.97. The lowest BCUT2D eigenvalue weighted by atomic mass is 9.96. The molecule has 0 aliphatic carbocycles. The van der Waals surface area contributed by atoms with Crippen LogP contribution >= 0.6 is 0 Å². The van der Waals surface area contributed by atoms with Gasteiger partial charge in [-0.05, 0) is 50.9 Å². The van der Waals surface area contributed by atoms with Gasteiger partial charge in [0, 0.05) is 43.9 Å². The molecule has 3 aromatic heterocycles. The molecule has 0 bridgehead atoms. The Morgan fingerprint density at radius 2 is 1.93 bits per heavy atom. The SMILES string of the molecule is Cc1nccnc1CN1CCC(Cn2nc(-n3cccn3)ccc2=O)CC1. The highest BCUT2D eigenvalue weighted by Gasteiger charge is 2.21. The van der Waals surface area contributed by atoms with Crippen LogP contribution in [-0.2, 0) is 13.1 Å². The molecule has 0 saturated carbocycles. The predicted octanol–water partition coefficient (Wildman–Crippen LogP) is 1.44. The maximum absolute atomic E-state index is 12.2. The Balaban J connectivity index is 1.37. The highest BCUT2D eigenvalue weighted by atomic mass is 16.1. The van der Waals surface area contributed by atoms with Crippen LogP contribution in [0.4, 0.5) is 0 Å². The largest absolute Gasteiger partial charge is 0.297 e. The molecule has 0 spiro atoms. The van der Waals surface area contributed by atoms with Gasteiger partial charge >= 0.3 is 0 Å². The standard InChI is InChI=1S/C19H23N7O/c1-15-17(21-9-8-20-15)14-24-11-5-16(6-12-24)13-26-19(27)4-3-18(23-26)25-10-2-7-22-25/h2-4,7-10,16H,5-6,11-14H2,1H3. The minimum atomic E-state index is -0.0662. The molecule has 27 heavy (non-hydrogen) atoms. The van der Waals surface area contributed by atoms with Crippen LogP contribution in [0.2, 0.25) is 0 Å². The van der Waals surface area contributed by atoms with Gasteiger partial charge in [-0.25, -0.2) is 9.36 Å². The number of aromatic nitrogens is 6. The van der Waals surface area contributed by atoms with Crippen LogP contribution in [0.5, 0.6) is 0 Å². The molecular formula is C19H23N7O. The molecule has 1 aliphatic rings. The van der Waals surface area contributed by atoms with Crippen molar-refractivity contribution in [1.29, 1.82) is 0 Å². The van der Waals surface area contributed by atoms with Crippen molar-refractivity contribution in [1.82, 2.24) is 34.4 Å². The number of hydrogen-bond donors (Lipinski definition) is 0. The first-order valence-electron chi connectivity index (χ1n) is 9.26. The fraction of sp³-hybridized carbons (Fsp3) is 0.421. The molecule has 1 aliphatic heterocycles. The fourth-order valence-corrected chi connectivity index (χ4v) is 3.47. The van der Waals surface area contributed by atoms with Crippen LogP contribution in [0.1, 0.15) is 24.2 Å². The number of nitrogens with zero attached hydrogens (tertiary/aromatic N) is 7. The summed E-state index contributed by atoms with van der Waals surface area (Å²) < 4.78 is 3.24. The van der Waals surface area contributed by atoms with Crippen molar-refractivity contribution >= 4 is 0 Å². The Bertz CT molecular complexity index is 943. The van der Waals surface area contributed by atoms with Gasteiger partial charge < -0.3 is 0 Å². The van der Waals surface area contributed by atoms with Crippen LogP contribution in [0, 0.1) is 12.8 Å². The van der Waals surface area contributed by atoms with Gasteiger partial charge in [0.05, 0.1) is 11.4 Å². The monoisotopic (exact) mass is 365 g/mol. The second kappa shape index (κ2) is 7.79. The van der Waals surface area contributed by atoms with E-state index in [1.807, 2.05) is 19.2 Å². The van der Waals surface area contributed by atoms with E-state index in [0.29, 0.717) is 18.3 Å². The van der Waals surface area contributed by atoms with E-state index in [1.54, 1.807) is 40.1 Å². The molecule has 140 valence electrons. The topological polar surface area (TPSA) is 81.7 Å². The van der Waals surface area contributed by atoms with Crippen LogP contribution in [0.15, 0.2) is 47.8 Å². The maximum atomic E-state index is 12.2. The lowest BCUT2D eigenvalue weighted by molar-refractivity contribution is 0.161. The number of hydrogen-bond acceptors (Lipinski definition) is 6. The maximum Gasteiger partial charge on any atom is 0.266 e. The Kier molecular flexibility index (Phi) is 5.06. The van der Waals surface area contributed by atoms with E-state index in [1.165, 1.54) is 0 Å². The van der Waals surface area contributed by atoms with Crippen LogP contribution < -0.4 is 5.56 Å². The summed E-state index contributed by atoms with van der Waals surface area (Å²) in [6.07, 6.45) is 9.08. The van der Waals surface area contributed by atoms with Crippen LogP contribution in [0.25, 0.3) is 5.82 Å². The zero-order chi connectivity index (χ0) is 18.6. The third-order valence-electron chi connectivity index (χ3n) is 5.09. The summed E-state index contributed by atoms with van der Waals surface area (Å²) in [5, 5.41) is 8.66.